The minimum Gasteiger partial charge on any atom is -0.0991 e. The lowest BCUT2D eigenvalue weighted by molar-refractivity contribution is 0.664. The summed E-state index contributed by atoms with van der Waals surface area (Å²) in [5.41, 5.74) is 1.45. The average molecular weight is 152 g/mol. The third-order valence-corrected chi connectivity index (χ3v) is 1.83. The Labute approximate surface area is 71.0 Å². The van der Waals surface area contributed by atoms with Crippen LogP contribution in [0.1, 0.15) is 46.0 Å². The number of hydrogen-bond donors (Lipinski definition) is 0. The van der Waals surface area contributed by atoms with Gasteiger partial charge in [-0.2, -0.15) is 0 Å². The van der Waals surface area contributed by atoms with Gasteiger partial charge in [-0.25, -0.2) is 0 Å². The highest BCUT2D eigenvalue weighted by Gasteiger charge is 1.88. The molecule has 0 aliphatic carbocycles. The Kier molecular flexibility index (Phi) is 7.23. The normalized spacial score (nSPS) is 11.6. The quantitative estimate of drug-likeness (QED) is 0.397. The molecule has 64 valence electrons. The molecule has 0 aromatic rings. The van der Waals surface area contributed by atoms with Crippen LogP contribution in [0, 0.1) is 0 Å². The van der Waals surface area contributed by atoms with E-state index in [1.165, 1.54) is 37.7 Å². The van der Waals surface area contributed by atoms with E-state index in [9.17, 15) is 0 Å². The van der Waals surface area contributed by atoms with E-state index < -0.39 is 0 Å². The van der Waals surface area contributed by atoms with E-state index in [0.717, 1.165) is 0 Å². The molecule has 0 aliphatic heterocycles. The topological polar surface area (TPSA) is 0 Å². The summed E-state index contributed by atoms with van der Waals surface area (Å²) in [5, 5.41) is 0. The first-order chi connectivity index (χ1) is 5.31. The first kappa shape index (κ1) is 10.5. The summed E-state index contributed by atoms with van der Waals surface area (Å²) in [6.07, 6.45) is 10.6. The Balaban J connectivity index is 3.23. The molecule has 0 N–H and O–H groups in total. The molecule has 0 aliphatic rings. The molecule has 0 radical (unpaired) electrons. The summed E-state index contributed by atoms with van der Waals surface area (Å²) in [6.45, 7) is 8.09. The maximum absolute atomic E-state index is 3.67. The lowest BCUT2D eigenvalue weighted by Crippen LogP contribution is -1.78. The number of allylic oxidation sites excluding steroid dienone is 3. The molecule has 0 bridgehead atoms. The van der Waals surface area contributed by atoms with E-state index in [0.29, 0.717) is 0 Å². The van der Waals surface area contributed by atoms with E-state index in [-0.39, 0.29) is 0 Å². The third-order valence-electron chi connectivity index (χ3n) is 1.83. The molecule has 0 unspecified atom stereocenters. The highest BCUT2D eigenvalue weighted by atomic mass is 13.9. The molecule has 0 saturated carbocycles. The van der Waals surface area contributed by atoms with Crippen LogP contribution in [-0.2, 0) is 0 Å². The number of unbranched alkanes of at least 4 members (excludes halogenated alkanes) is 3. The summed E-state index contributed by atoms with van der Waals surface area (Å²) < 4.78 is 0. The fourth-order valence-electron chi connectivity index (χ4n) is 1.12. The van der Waals surface area contributed by atoms with Crippen LogP contribution < -0.4 is 0 Å². The van der Waals surface area contributed by atoms with Crippen LogP contribution in [0.2, 0.25) is 0 Å². The monoisotopic (exact) mass is 152 g/mol. The van der Waals surface area contributed by atoms with E-state index in [4.69, 9.17) is 0 Å². The summed E-state index contributed by atoms with van der Waals surface area (Å²) in [4.78, 5) is 0. The van der Waals surface area contributed by atoms with E-state index in [1.54, 1.807) is 0 Å². The second-order valence-electron chi connectivity index (χ2n) is 3.06. The molecule has 0 aromatic carbocycles. The van der Waals surface area contributed by atoms with Gasteiger partial charge in [0, 0.05) is 0 Å². The van der Waals surface area contributed by atoms with Crippen LogP contribution in [-0.4, -0.2) is 0 Å². The average Bonchev–Trinajstić information content (AvgIpc) is 1.99. The zero-order valence-electron chi connectivity index (χ0n) is 7.90. The highest BCUT2D eigenvalue weighted by molar-refractivity contribution is 5.07. The predicted molar refractivity (Wildman–Crippen MR) is 52.7 cm³/mol. The first-order valence-corrected chi connectivity index (χ1v) is 4.59. The fraction of sp³-hybridized carbons (Fsp3) is 0.636. The zero-order chi connectivity index (χ0) is 8.53. The molecule has 0 spiro atoms. The standard InChI is InChI=1S/C11H20/c1-4-6-7-8-10-11(3)9-5-2/h5,9H,2,4,6-8,10H2,1,3H3/b11-9+. The molecule has 0 atom stereocenters. The summed E-state index contributed by atoms with van der Waals surface area (Å²) >= 11 is 0. The van der Waals surface area contributed by atoms with Crippen LogP contribution in [0.3, 0.4) is 0 Å². The van der Waals surface area contributed by atoms with Crippen molar-refractivity contribution in [1.29, 1.82) is 0 Å². The molecule has 0 fully saturated rings. The molecule has 0 heteroatoms. The Hall–Kier alpha value is -0.520. The maximum Gasteiger partial charge on any atom is -0.0320 e. The lowest BCUT2D eigenvalue weighted by Gasteiger charge is -1.98. The molecule has 0 saturated heterocycles. The van der Waals surface area contributed by atoms with Gasteiger partial charge < -0.3 is 0 Å². The van der Waals surface area contributed by atoms with Crippen molar-refractivity contribution in [2.45, 2.75) is 46.0 Å². The molecular formula is C11H20. The van der Waals surface area contributed by atoms with Gasteiger partial charge >= 0.3 is 0 Å². The van der Waals surface area contributed by atoms with Crippen LogP contribution >= 0.6 is 0 Å². The summed E-state index contributed by atoms with van der Waals surface area (Å²) in [6, 6.07) is 0. The predicted octanol–water partition coefficient (Wildman–Crippen LogP) is 4.09. The van der Waals surface area contributed by atoms with E-state index in [2.05, 4.69) is 26.5 Å². The highest BCUT2D eigenvalue weighted by Crippen LogP contribution is 2.08. The van der Waals surface area contributed by atoms with Crippen molar-refractivity contribution in [3.63, 3.8) is 0 Å². The molecule has 11 heavy (non-hydrogen) atoms. The Morgan fingerprint density at radius 2 is 2.00 bits per heavy atom. The van der Waals surface area contributed by atoms with Gasteiger partial charge in [-0.3, -0.25) is 0 Å². The maximum atomic E-state index is 3.67. The zero-order valence-corrected chi connectivity index (χ0v) is 7.90. The van der Waals surface area contributed by atoms with Crippen LogP contribution in [0.15, 0.2) is 24.3 Å². The third kappa shape index (κ3) is 7.38. The first-order valence-electron chi connectivity index (χ1n) is 4.59. The van der Waals surface area contributed by atoms with Crippen LogP contribution in [0.5, 0.6) is 0 Å². The van der Waals surface area contributed by atoms with Gasteiger partial charge in [-0.15, -0.1) is 0 Å². The van der Waals surface area contributed by atoms with Crippen LogP contribution in [0.4, 0.5) is 0 Å². The molecule has 0 heterocycles. The van der Waals surface area contributed by atoms with Crippen molar-refractivity contribution in [2.75, 3.05) is 0 Å². The summed E-state index contributed by atoms with van der Waals surface area (Å²) in [7, 11) is 0. The smallest absolute Gasteiger partial charge is 0.0320 e. The number of hydrogen-bond acceptors (Lipinski definition) is 0. The minimum atomic E-state index is 1.24. The van der Waals surface area contributed by atoms with Gasteiger partial charge in [0.05, 0.1) is 0 Å². The van der Waals surface area contributed by atoms with Gasteiger partial charge in [0.15, 0.2) is 0 Å². The Morgan fingerprint density at radius 3 is 2.55 bits per heavy atom. The molecular weight excluding hydrogens is 132 g/mol. The van der Waals surface area contributed by atoms with Gasteiger partial charge in [0.2, 0.25) is 0 Å². The van der Waals surface area contributed by atoms with Crippen LogP contribution in [0.25, 0.3) is 0 Å². The van der Waals surface area contributed by atoms with Crippen molar-refractivity contribution < 1.29 is 0 Å². The van der Waals surface area contributed by atoms with Crippen molar-refractivity contribution in [1.82, 2.24) is 0 Å². The minimum absolute atomic E-state index is 1.24. The van der Waals surface area contributed by atoms with Gasteiger partial charge in [0.1, 0.15) is 0 Å². The lowest BCUT2D eigenvalue weighted by atomic mass is 10.1. The molecule has 0 aromatic heterocycles. The van der Waals surface area contributed by atoms with E-state index >= 15 is 0 Å². The van der Waals surface area contributed by atoms with Gasteiger partial charge in [-0.1, -0.05) is 50.5 Å². The van der Waals surface area contributed by atoms with Crippen molar-refractivity contribution in [3.8, 4) is 0 Å². The second-order valence-corrected chi connectivity index (χ2v) is 3.06. The fourth-order valence-corrected chi connectivity index (χ4v) is 1.12. The van der Waals surface area contributed by atoms with Gasteiger partial charge in [-0.05, 0) is 19.8 Å². The van der Waals surface area contributed by atoms with Gasteiger partial charge in [0.25, 0.3) is 0 Å². The SMILES string of the molecule is C=C/C=C(\C)CCCCCC. The van der Waals surface area contributed by atoms with Crippen molar-refractivity contribution in [2.24, 2.45) is 0 Å². The van der Waals surface area contributed by atoms with Crippen molar-refractivity contribution in [3.05, 3.63) is 24.3 Å². The Bertz CT molecular complexity index is 120. The second kappa shape index (κ2) is 7.59. The largest absolute Gasteiger partial charge is 0.0991 e. The molecule has 0 amide bonds. The molecule has 0 nitrogen and oxygen atoms in total. The summed E-state index contributed by atoms with van der Waals surface area (Å²) in [5.74, 6) is 0. The molecule has 0 rings (SSSR count). The Morgan fingerprint density at radius 1 is 1.27 bits per heavy atom. The van der Waals surface area contributed by atoms with E-state index in [1.807, 2.05) is 6.08 Å². The van der Waals surface area contributed by atoms with Crippen molar-refractivity contribution >= 4 is 0 Å². The number of rotatable bonds is 6.